The van der Waals surface area contributed by atoms with Crippen LogP contribution in [0.25, 0.3) is 0 Å². The number of nitrogens with one attached hydrogen (secondary N) is 2. The lowest BCUT2D eigenvalue weighted by Gasteiger charge is -2.30. The van der Waals surface area contributed by atoms with E-state index in [4.69, 9.17) is 0 Å². The van der Waals surface area contributed by atoms with Crippen molar-refractivity contribution >= 4 is 23.4 Å². The molecule has 5 nitrogen and oxygen atoms in total. The van der Waals surface area contributed by atoms with E-state index in [0.29, 0.717) is 12.1 Å². The summed E-state index contributed by atoms with van der Waals surface area (Å²) in [6, 6.07) is 3.04. The Hall–Kier alpha value is -1.01. The van der Waals surface area contributed by atoms with Crippen LogP contribution in [0.1, 0.15) is 27.7 Å². The molecule has 0 amide bonds. The summed E-state index contributed by atoms with van der Waals surface area (Å²) in [4.78, 5) is 11.3. The molecule has 0 unspecified atom stereocenters. The summed E-state index contributed by atoms with van der Waals surface area (Å²) < 4.78 is 0. The number of aromatic nitrogens is 2. The number of rotatable bonds is 8. The molecule has 0 aliphatic rings. The molecular weight excluding hydrogens is 270 g/mol. The zero-order chi connectivity index (χ0) is 15.1. The lowest BCUT2D eigenvalue weighted by atomic mass is 10.2. The van der Waals surface area contributed by atoms with Crippen molar-refractivity contribution in [2.75, 3.05) is 37.0 Å². The van der Waals surface area contributed by atoms with Gasteiger partial charge in [-0.25, -0.2) is 9.97 Å². The van der Waals surface area contributed by atoms with Crippen LogP contribution in [0.5, 0.6) is 0 Å². The zero-order valence-corrected chi connectivity index (χ0v) is 14.2. The van der Waals surface area contributed by atoms with E-state index in [2.05, 4.69) is 53.2 Å². The third-order valence-corrected chi connectivity index (χ3v) is 3.69. The average Bonchev–Trinajstić information content (AvgIpc) is 2.42. The van der Waals surface area contributed by atoms with Crippen molar-refractivity contribution in [2.24, 2.45) is 0 Å². The molecule has 0 radical (unpaired) electrons. The summed E-state index contributed by atoms with van der Waals surface area (Å²) in [5.74, 6) is 1.72. The van der Waals surface area contributed by atoms with E-state index in [-0.39, 0.29) is 0 Å². The van der Waals surface area contributed by atoms with E-state index in [9.17, 15) is 0 Å². The van der Waals surface area contributed by atoms with Crippen LogP contribution in [0.2, 0.25) is 0 Å². The standard InChI is InChI=1S/C14H27N5S/c1-10(2)19(11(3)4)8-7-16-13-9-12(15-5)17-14(18-13)20-6/h9-11H,7-8H2,1-6H3,(H2,15,16,17,18). The zero-order valence-electron chi connectivity index (χ0n) is 13.4. The van der Waals surface area contributed by atoms with Gasteiger partial charge in [0.05, 0.1) is 0 Å². The van der Waals surface area contributed by atoms with Crippen molar-refractivity contribution < 1.29 is 0 Å². The second kappa shape index (κ2) is 8.32. The SMILES string of the molecule is CNc1cc(NCCN(C(C)C)C(C)C)nc(SC)n1. The first-order chi connectivity index (χ1) is 9.47. The average molecular weight is 297 g/mol. The lowest BCUT2D eigenvalue weighted by molar-refractivity contribution is 0.182. The van der Waals surface area contributed by atoms with Crippen LogP contribution in [0, 0.1) is 0 Å². The largest absolute Gasteiger partial charge is 0.373 e. The molecule has 0 fully saturated rings. The lowest BCUT2D eigenvalue weighted by Crippen LogP contribution is -2.40. The third kappa shape index (κ3) is 5.17. The van der Waals surface area contributed by atoms with Crippen molar-refractivity contribution in [3.05, 3.63) is 6.07 Å². The predicted molar refractivity (Wildman–Crippen MR) is 88.8 cm³/mol. The van der Waals surface area contributed by atoms with E-state index in [1.807, 2.05) is 19.4 Å². The van der Waals surface area contributed by atoms with Crippen LogP contribution in [-0.2, 0) is 0 Å². The maximum absolute atomic E-state index is 4.47. The minimum absolute atomic E-state index is 0.553. The summed E-state index contributed by atoms with van der Waals surface area (Å²) in [6.07, 6.45) is 1.98. The molecule has 0 aliphatic carbocycles. The van der Waals surface area contributed by atoms with Gasteiger partial charge in [0.1, 0.15) is 11.6 Å². The van der Waals surface area contributed by atoms with Crippen molar-refractivity contribution in [3.8, 4) is 0 Å². The normalized spacial score (nSPS) is 11.4. The molecule has 1 heterocycles. The smallest absolute Gasteiger partial charge is 0.191 e. The number of hydrogen-bond donors (Lipinski definition) is 2. The van der Waals surface area contributed by atoms with E-state index in [0.717, 1.165) is 29.9 Å². The molecule has 0 spiro atoms. The number of anilines is 2. The van der Waals surface area contributed by atoms with Crippen LogP contribution < -0.4 is 10.6 Å². The van der Waals surface area contributed by atoms with Gasteiger partial charge in [-0.15, -0.1) is 0 Å². The highest BCUT2D eigenvalue weighted by atomic mass is 32.2. The summed E-state index contributed by atoms with van der Waals surface area (Å²) >= 11 is 1.55. The number of thioether (sulfide) groups is 1. The Morgan fingerprint density at radius 2 is 1.75 bits per heavy atom. The first-order valence-corrected chi connectivity index (χ1v) is 8.30. The Kier molecular flexibility index (Phi) is 7.09. The van der Waals surface area contributed by atoms with Gasteiger partial charge in [0.15, 0.2) is 5.16 Å². The van der Waals surface area contributed by atoms with Gasteiger partial charge in [-0.05, 0) is 34.0 Å². The molecule has 1 rings (SSSR count). The van der Waals surface area contributed by atoms with Crippen LogP contribution in [0.15, 0.2) is 11.2 Å². The highest BCUT2D eigenvalue weighted by molar-refractivity contribution is 7.98. The first kappa shape index (κ1) is 17.0. The van der Waals surface area contributed by atoms with Gasteiger partial charge in [-0.2, -0.15) is 0 Å². The fourth-order valence-electron chi connectivity index (χ4n) is 2.16. The molecule has 0 aromatic carbocycles. The van der Waals surface area contributed by atoms with E-state index in [1.54, 1.807) is 11.8 Å². The van der Waals surface area contributed by atoms with Gasteiger partial charge in [-0.1, -0.05) is 11.8 Å². The molecule has 0 aliphatic heterocycles. The van der Waals surface area contributed by atoms with E-state index in [1.165, 1.54) is 0 Å². The first-order valence-electron chi connectivity index (χ1n) is 7.08. The molecule has 0 saturated heterocycles. The highest BCUT2D eigenvalue weighted by Crippen LogP contribution is 2.16. The summed E-state index contributed by atoms with van der Waals surface area (Å²) in [5, 5.41) is 7.23. The van der Waals surface area contributed by atoms with E-state index >= 15 is 0 Å². The Bertz CT molecular complexity index is 378. The molecule has 0 saturated carbocycles. The van der Waals surface area contributed by atoms with Crippen molar-refractivity contribution in [1.29, 1.82) is 0 Å². The highest BCUT2D eigenvalue weighted by Gasteiger charge is 2.12. The van der Waals surface area contributed by atoms with Gasteiger partial charge in [0, 0.05) is 38.3 Å². The Labute approximate surface area is 127 Å². The predicted octanol–water partition coefficient (Wildman–Crippen LogP) is 2.77. The Balaban J connectivity index is 2.61. The van der Waals surface area contributed by atoms with Crippen LogP contribution >= 0.6 is 11.8 Å². The topological polar surface area (TPSA) is 53.1 Å². The Morgan fingerprint density at radius 1 is 1.15 bits per heavy atom. The molecule has 0 atom stereocenters. The van der Waals surface area contributed by atoms with Crippen molar-refractivity contribution in [2.45, 2.75) is 44.9 Å². The second-order valence-corrected chi connectivity index (χ2v) is 6.00. The van der Waals surface area contributed by atoms with Gasteiger partial charge in [0.2, 0.25) is 0 Å². The third-order valence-electron chi connectivity index (χ3n) is 3.15. The van der Waals surface area contributed by atoms with Gasteiger partial charge in [0.25, 0.3) is 0 Å². The van der Waals surface area contributed by atoms with Gasteiger partial charge in [-0.3, -0.25) is 4.90 Å². The minimum Gasteiger partial charge on any atom is -0.373 e. The fourth-order valence-corrected chi connectivity index (χ4v) is 2.54. The van der Waals surface area contributed by atoms with Crippen LogP contribution in [0.3, 0.4) is 0 Å². The monoisotopic (exact) mass is 297 g/mol. The van der Waals surface area contributed by atoms with Crippen LogP contribution in [0.4, 0.5) is 11.6 Å². The van der Waals surface area contributed by atoms with Crippen LogP contribution in [-0.4, -0.2) is 53.3 Å². The molecule has 2 N–H and O–H groups in total. The van der Waals surface area contributed by atoms with Crippen molar-refractivity contribution in [3.63, 3.8) is 0 Å². The molecule has 1 aromatic rings. The molecule has 20 heavy (non-hydrogen) atoms. The van der Waals surface area contributed by atoms with Gasteiger partial charge >= 0.3 is 0 Å². The molecule has 6 heteroatoms. The maximum Gasteiger partial charge on any atom is 0.191 e. The Morgan fingerprint density at radius 3 is 2.25 bits per heavy atom. The molecule has 0 bridgehead atoms. The number of nitrogens with zero attached hydrogens (tertiary/aromatic N) is 3. The summed E-state index contributed by atoms with van der Waals surface area (Å²) in [6.45, 7) is 10.8. The minimum atomic E-state index is 0.553. The van der Waals surface area contributed by atoms with Crippen molar-refractivity contribution in [1.82, 2.24) is 14.9 Å². The van der Waals surface area contributed by atoms with E-state index < -0.39 is 0 Å². The molecular formula is C14H27N5S. The molecule has 114 valence electrons. The quantitative estimate of drug-likeness (QED) is 0.568. The molecule has 1 aromatic heterocycles. The van der Waals surface area contributed by atoms with Gasteiger partial charge < -0.3 is 10.6 Å². The fraction of sp³-hybridized carbons (Fsp3) is 0.714. The summed E-state index contributed by atoms with van der Waals surface area (Å²) in [7, 11) is 1.87. The maximum atomic E-state index is 4.47. The number of hydrogen-bond acceptors (Lipinski definition) is 6. The second-order valence-electron chi connectivity index (χ2n) is 5.23. The summed E-state index contributed by atoms with van der Waals surface area (Å²) in [5.41, 5.74) is 0.